The molecule has 0 saturated heterocycles. The zero-order chi connectivity index (χ0) is 25.0. The number of aromatic nitrogens is 4. The van der Waals surface area contributed by atoms with Crippen LogP contribution >= 0.6 is 0 Å². The third kappa shape index (κ3) is 5.75. The molecule has 1 amide bonds. The van der Waals surface area contributed by atoms with Crippen molar-refractivity contribution in [1.82, 2.24) is 28.4 Å². The normalized spacial score (nSPS) is 12.1. The van der Waals surface area contributed by atoms with Crippen LogP contribution in [0, 0.1) is 13.8 Å². The number of pyridine rings is 1. The minimum atomic E-state index is -4.20. The highest BCUT2D eigenvalue weighted by molar-refractivity contribution is 7.87. The van der Waals surface area contributed by atoms with E-state index in [9.17, 15) is 18.3 Å². The van der Waals surface area contributed by atoms with Gasteiger partial charge in [-0.25, -0.2) is 9.78 Å². The number of fused-ring (bicyclic) bond motifs is 1. The maximum absolute atomic E-state index is 12.5. The summed E-state index contributed by atoms with van der Waals surface area (Å²) in [5.74, 6) is 0.817. The zero-order valence-corrected chi connectivity index (χ0v) is 21.0. The summed E-state index contributed by atoms with van der Waals surface area (Å²) in [6, 6.07) is 4.03. The molecule has 3 aromatic heterocycles. The predicted molar refractivity (Wildman–Crippen MR) is 128 cm³/mol. The van der Waals surface area contributed by atoms with Gasteiger partial charge in [-0.2, -0.15) is 22.5 Å². The third-order valence-electron chi connectivity index (χ3n) is 5.33. The van der Waals surface area contributed by atoms with Crippen LogP contribution in [0.5, 0.6) is 0 Å². The second kappa shape index (κ2) is 10.5. The maximum atomic E-state index is 12.5. The van der Waals surface area contributed by atoms with E-state index < -0.39 is 16.3 Å². The largest absolute Gasteiger partial charge is 0.464 e. The second-order valence-corrected chi connectivity index (χ2v) is 10.1. The lowest BCUT2D eigenvalue weighted by Gasteiger charge is -2.20. The van der Waals surface area contributed by atoms with Gasteiger partial charge in [0.05, 0.1) is 18.4 Å². The first-order valence-electron chi connectivity index (χ1n) is 11.1. The number of hydrogen-bond donors (Lipinski definition) is 2. The summed E-state index contributed by atoms with van der Waals surface area (Å²) in [5, 5.41) is 15.0. The molecule has 2 N–H and O–H groups in total. The summed E-state index contributed by atoms with van der Waals surface area (Å²) in [5.41, 5.74) is 3.55. The van der Waals surface area contributed by atoms with Crippen molar-refractivity contribution in [3.8, 4) is 5.82 Å². The Morgan fingerprint density at radius 1 is 1.32 bits per heavy atom. The van der Waals surface area contributed by atoms with E-state index in [0.717, 1.165) is 33.7 Å². The Labute approximate surface area is 199 Å². The molecule has 3 aromatic rings. The third-order valence-corrected chi connectivity index (χ3v) is 6.82. The summed E-state index contributed by atoms with van der Waals surface area (Å²) >= 11 is 0. The molecular weight excluding hydrogens is 460 g/mol. The Bertz CT molecular complexity index is 1260. The van der Waals surface area contributed by atoms with Gasteiger partial charge in [0.15, 0.2) is 0 Å². The van der Waals surface area contributed by atoms with E-state index in [1.54, 1.807) is 10.9 Å². The average molecular weight is 493 g/mol. The van der Waals surface area contributed by atoms with Crippen LogP contribution in [0.15, 0.2) is 24.5 Å². The van der Waals surface area contributed by atoms with Crippen LogP contribution in [0.4, 0.5) is 4.79 Å². The highest BCUT2D eigenvalue weighted by Gasteiger charge is 2.27. The number of rotatable bonds is 11. The maximum Gasteiger partial charge on any atom is 0.422 e. The Kier molecular flexibility index (Phi) is 7.95. The summed E-state index contributed by atoms with van der Waals surface area (Å²) in [4.78, 5) is 16.2. The van der Waals surface area contributed by atoms with Crippen LogP contribution in [-0.2, 0) is 28.4 Å². The van der Waals surface area contributed by atoms with Crippen LogP contribution in [0.3, 0.4) is 0 Å². The molecule has 11 nitrogen and oxygen atoms in total. The fourth-order valence-electron chi connectivity index (χ4n) is 3.85. The van der Waals surface area contributed by atoms with Crippen molar-refractivity contribution in [3.05, 3.63) is 41.3 Å². The van der Waals surface area contributed by atoms with Crippen LogP contribution in [0.25, 0.3) is 16.9 Å². The van der Waals surface area contributed by atoms with Gasteiger partial charge in [-0.05, 0) is 58.2 Å². The number of amides is 1. The van der Waals surface area contributed by atoms with Crippen molar-refractivity contribution in [3.63, 3.8) is 0 Å². The molecule has 0 atom stereocenters. The molecule has 3 rings (SSSR count). The smallest absolute Gasteiger partial charge is 0.422 e. The molecule has 0 unspecified atom stereocenters. The lowest BCUT2D eigenvalue weighted by Crippen LogP contribution is -2.45. The van der Waals surface area contributed by atoms with Crippen LogP contribution in [0.2, 0.25) is 0 Å². The summed E-state index contributed by atoms with van der Waals surface area (Å²) in [6.07, 6.45) is 2.88. The standard InChI is InChI=1S/C22H32N6O5S/c1-15(2)33-12-9-24-34(31,32)28(22(29)30)10-6-7-19-17(4)25-26(5)21(19)27-11-8-18-13-16(3)14-23-20(18)27/h8,11,13-15,24H,6-7,9-10,12H2,1-5H3,(H,29,30). The molecular formula is C22H32N6O5S. The molecule has 12 heteroatoms. The van der Waals surface area contributed by atoms with E-state index in [2.05, 4.69) is 20.9 Å². The Morgan fingerprint density at radius 3 is 2.74 bits per heavy atom. The quantitative estimate of drug-likeness (QED) is 0.393. The number of carboxylic acid groups (broad SMARTS) is 1. The summed E-state index contributed by atoms with van der Waals surface area (Å²) in [7, 11) is -2.36. The zero-order valence-electron chi connectivity index (χ0n) is 20.1. The molecule has 0 fully saturated rings. The Balaban J connectivity index is 1.75. The fraction of sp³-hybridized carbons (Fsp3) is 0.500. The summed E-state index contributed by atoms with van der Waals surface area (Å²) < 4.78 is 36.7. The van der Waals surface area contributed by atoms with Gasteiger partial charge in [0, 0.05) is 43.5 Å². The van der Waals surface area contributed by atoms with Gasteiger partial charge in [0.25, 0.3) is 0 Å². The lowest BCUT2D eigenvalue weighted by atomic mass is 10.1. The molecule has 0 aromatic carbocycles. The first-order chi connectivity index (χ1) is 16.0. The molecule has 0 aliphatic rings. The van der Waals surface area contributed by atoms with Gasteiger partial charge in [-0.1, -0.05) is 0 Å². The number of aryl methyl sites for hydroxylation is 3. The number of hydrogen-bond acceptors (Lipinski definition) is 6. The second-order valence-electron chi connectivity index (χ2n) is 8.40. The van der Waals surface area contributed by atoms with Crippen molar-refractivity contribution in [1.29, 1.82) is 0 Å². The van der Waals surface area contributed by atoms with E-state index in [1.807, 2.05) is 51.6 Å². The van der Waals surface area contributed by atoms with Crippen LogP contribution in [-0.4, -0.2) is 69.1 Å². The number of nitrogens with zero attached hydrogens (tertiary/aromatic N) is 5. The van der Waals surface area contributed by atoms with E-state index >= 15 is 0 Å². The molecule has 3 heterocycles. The molecule has 0 spiro atoms. The van der Waals surface area contributed by atoms with E-state index in [0.29, 0.717) is 17.1 Å². The average Bonchev–Trinajstić information content (AvgIpc) is 3.26. The SMILES string of the molecule is Cc1cnc2c(ccn2-c2c(CCCN(C(=O)O)S(=O)(=O)NCCOC(C)C)c(C)nn2C)c1. The van der Waals surface area contributed by atoms with E-state index in [1.165, 1.54) is 0 Å². The minimum absolute atomic E-state index is 0.0106. The van der Waals surface area contributed by atoms with Crippen molar-refractivity contribution in [2.75, 3.05) is 19.7 Å². The first kappa shape index (κ1) is 25.7. The Hall–Kier alpha value is -2.96. The highest BCUT2D eigenvalue weighted by atomic mass is 32.2. The van der Waals surface area contributed by atoms with Gasteiger partial charge in [0.1, 0.15) is 11.5 Å². The van der Waals surface area contributed by atoms with Crippen molar-refractivity contribution in [2.45, 2.75) is 46.6 Å². The van der Waals surface area contributed by atoms with E-state index in [-0.39, 0.29) is 25.8 Å². The molecule has 186 valence electrons. The highest BCUT2D eigenvalue weighted by Crippen LogP contribution is 2.25. The van der Waals surface area contributed by atoms with Crippen molar-refractivity contribution in [2.24, 2.45) is 7.05 Å². The van der Waals surface area contributed by atoms with Gasteiger partial charge < -0.3 is 9.84 Å². The first-order valence-corrected chi connectivity index (χ1v) is 12.5. The summed E-state index contributed by atoms with van der Waals surface area (Å²) in [6.45, 7) is 7.49. The monoisotopic (exact) mass is 492 g/mol. The van der Waals surface area contributed by atoms with Crippen LogP contribution in [0.1, 0.15) is 37.1 Å². The van der Waals surface area contributed by atoms with Gasteiger partial charge in [-0.3, -0.25) is 9.25 Å². The van der Waals surface area contributed by atoms with Gasteiger partial charge >= 0.3 is 16.3 Å². The van der Waals surface area contributed by atoms with Gasteiger partial charge in [0.2, 0.25) is 0 Å². The number of ether oxygens (including phenoxy) is 1. The topological polar surface area (TPSA) is 132 Å². The van der Waals surface area contributed by atoms with Crippen LogP contribution < -0.4 is 4.72 Å². The van der Waals surface area contributed by atoms with Gasteiger partial charge in [-0.15, -0.1) is 0 Å². The Morgan fingerprint density at radius 2 is 2.06 bits per heavy atom. The number of nitrogens with one attached hydrogen (secondary N) is 1. The molecule has 0 aliphatic carbocycles. The molecule has 0 radical (unpaired) electrons. The number of carbonyl (C=O) groups is 1. The van der Waals surface area contributed by atoms with Crippen molar-refractivity contribution >= 4 is 27.3 Å². The van der Waals surface area contributed by atoms with E-state index in [4.69, 9.17) is 4.74 Å². The molecule has 34 heavy (non-hydrogen) atoms. The molecule has 0 bridgehead atoms. The molecule has 0 saturated carbocycles. The predicted octanol–water partition coefficient (Wildman–Crippen LogP) is 2.55. The fourth-order valence-corrected chi connectivity index (χ4v) is 4.92. The minimum Gasteiger partial charge on any atom is -0.464 e. The lowest BCUT2D eigenvalue weighted by molar-refractivity contribution is 0.0831. The van der Waals surface area contributed by atoms with Crippen molar-refractivity contribution < 1.29 is 23.1 Å². The molecule has 0 aliphatic heterocycles.